The molecule has 31 heavy (non-hydrogen) atoms. The van der Waals surface area contributed by atoms with Gasteiger partial charge in [-0.05, 0) is 68.6 Å². The molecule has 0 unspecified atom stereocenters. The molecule has 6 nitrogen and oxygen atoms in total. The Morgan fingerprint density at radius 2 is 1.74 bits per heavy atom. The smallest absolute Gasteiger partial charge is 0.243 e. The van der Waals surface area contributed by atoms with Crippen molar-refractivity contribution in [1.29, 1.82) is 0 Å². The lowest BCUT2D eigenvalue weighted by Gasteiger charge is -2.28. The summed E-state index contributed by atoms with van der Waals surface area (Å²) in [7, 11) is -3.62. The van der Waals surface area contributed by atoms with Crippen LogP contribution >= 0.6 is 0 Å². The summed E-state index contributed by atoms with van der Waals surface area (Å²) in [6.07, 6.45) is 4.95. The van der Waals surface area contributed by atoms with Crippen molar-refractivity contribution in [2.75, 3.05) is 23.7 Å². The first-order valence-corrected chi connectivity index (χ1v) is 12.7. The monoisotopic (exact) mass is 443 g/mol. The van der Waals surface area contributed by atoms with Gasteiger partial charge in [-0.2, -0.15) is 0 Å². The van der Waals surface area contributed by atoms with E-state index in [4.69, 9.17) is 0 Å². The molecule has 1 fully saturated rings. The lowest BCUT2D eigenvalue weighted by molar-refractivity contribution is -0.122. The fourth-order valence-electron chi connectivity index (χ4n) is 4.12. The Bertz CT molecular complexity index is 1000. The quantitative estimate of drug-likeness (QED) is 0.678. The summed E-state index contributed by atoms with van der Waals surface area (Å²) in [4.78, 5) is 15.3. The number of nitrogens with zero attached hydrogens (tertiary/aromatic N) is 2. The van der Waals surface area contributed by atoms with E-state index in [2.05, 4.69) is 22.3 Å². The van der Waals surface area contributed by atoms with Gasteiger partial charge in [0, 0.05) is 13.1 Å². The zero-order chi connectivity index (χ0) is 22.4. The summed E-state index contributed by atoms with van der Waals surface area (Å²) in [5.74, 6) is -0.326. The van der Waals surface area contributed by atoms with Gasteiger partial charge in [-0.15, -0.1) is 0 Å². The van der Waals surface area contributed by atoms with Gasteiger partial charge in [0.1, 0.15) is 6.04 Å². The largest absolute Gasteiger partial charge is 0.350 e. The number of piperidine rings is 1. The maximum atomic E-state index is 12.8. The average molecular weight is 444 g/mol. The Hall–Kier alpha value is -2.38. The minimum atomic E-state index is -3.62. The summed E-state index contributed by atoms with van der Waals surface area (Å²) in [6, 6.07) is 14.6. The highest BCUT2D eigenvalue weighted by Gasteiger charge is 2.29. The average Bonchev–Trinajstić information content (AvgIpc) is 2.72. The van der Waals surface area contributed by atoms with Crippen molar-refractivity contribution in [3.63, 3.8) is 0 Å². The number of hydrogen-bond acceptors (Lipinski definition) is 4. The van der Waals surface area contributed by atoms with E-state index in [1.807, 2.05) is 25.1 Å². The normalized spacial score (nSPS) is 16.0. The van der Waals surface area contributed by atoms with Crippen molar-refractivity contribution in [2.24, 2.45) is 0 Å². The van der Waals surface area contributed by atoms with Crippen molar-refractivity contribution in [3.05, 3.63) is 65.2 Å². The number of carbonyl (C=O) groups excluding carboxylic acids is 1. The van der Waals surface area contributed by atoms with E-state index in [1.54, 1.807) is 25.1 Å². The summed E-state index contributed by atoms with van der Waals surface area (Å²) in [6.45, 7) is 7.07. The van der Waals surface area contributed by atoms with Crippen LogP contribution in [0.1, 0.15) is 42.9 Å². The maximum absolute atomic E-state index is 12.8. The molecule has 1 saturated heterocycles. The minimum absolute atomic E-state index is 0.326. The van der Waals surface area contributed by atoms with Gasteiger partial charge in [0.15, 0.2) is 0 Å². The second-order valence-electron chi connectivity index (χ2n) is 8.45. The number of carbonyl (C=O) groups is 1. The van der Waals surface area contributed by atoms with E-state index >= 15 is 0 Å². The highest BCUT2D eigenvalue weighted by molar-refractivity contribution is 7.92. The second-order valence-corrected chi connectivity index (χ2v) is 10.3. The molecule has 0 bridgehead atoms. The number of aryl methyl sites for hydroxylation is 1. The third kappa shape index (κ3) is 6.55. The van der Waals surface area contributed by atoms with Crippen molar-refractivity contribution < 1.29 is 13.2 Å². The van der Waals surface area contributed by atoms with Crippen molar-refractivity contribution in [3.8, 4) is 0 Å². The van der Waals surface area contributed by atoms with Crippen LogP contribution in [-0.4, -0.2) is 44.6 Å². The van der Waals surface area contributed by atoms with Gasteiger partial charge >= 0.3 is 0 Å². The molecule has 0 spiro atoms. The van der Waals surface area contributed by atoms with Crippen LogP contribution in [0, 0.1) is 6.92 Å². The van der Waals surface area contributed by atoms with Gasteiger partial charge in [-0.3, -0.25) is 14.0 Å². The number of amides is 1. The van der Waals surface area contributed by atoms with Gasteiger partial charge < -0.3 is 5.32 Å². The first-order valence-electron chi connectivity index (χ1n) is 10.9. The van der Waals surface area contributed by atoms with Crippen molar-refractivity contribution >= 4 is 21.6 Å². The van der Waals surface area contributed by atoms with E-state index < -0.39 is 16.1 Å². The molecule has 0 aliphatic carbocycles. The Balaban J connectivity index is 1.65. The highest BCUT2D eigenvalue weighted by Crippen LogP contribution is 2.22. The SMILES string of the molecule is Cc1cccc(N([C@@H](C)C(=O)NCc2cccc(CN3CCCCC3)c2)S(C)(=O)=O)c1. The lowest BCUT2D eigenvalue weighted by atomic mass is 10.1. The van der Waals surface area contributed by atoms with Gasteiger partial charge in [-0.25, -0.2) is 8.42 Å². The molecule has 0 radical (unpaired) electrons. The van der Waals surface area contributed by atoms with E-state index in [0.717, 1.165) is 37.0 Å². The summed E-state index contributed by atoms with van der Waals surface area (Å²) in [5, 5.41) is 2.91. The highest BCUT2D eigenvalue weighted by atomic mass is 32.2. The first kappa shape index (κ1) is 23.3. The van der Waals surface area contributed by atoms with Crippen molar-refractivity contribution in [2.45, 2.75) is 52.2 Å². The van der Waals surface area contributed by atoms with E-state index in [1.165, 1.54) is 29.1 Å². The Morgan fingerprint density at radius 3 is 2.42 bits per heavy atom. The van der Waals surface area contributed by atoms with Crippen LogP contribution in [0.5, 0.6) is 0 Å². The van der Waals surface area contributed by atoms with E-state index in [9.17, 15) is 13.2 Å². The number of nitrogens with one attached hydrogen (secondary N) is 1. The molecule has 168 valence electrons. The minimum Gasteiger partial charge on any atom is -0.350 e. The Kier molecular flexibility index (Phi) is 7.73. The Labute approximate surface area is 186 Å². The number of likely N-dealkylation sites (tertiary alicyclic amines) is 1. The second kappa shape index (κ2) is 10.3. The third-order valence-electron chi connectivity index (χ3n) is 5.66. The van der Waals surface area contributed by atoms with Crippen LogP contribution in [-0.2, 0) is 27.9 Å². The molecule has 2 aromatic carbocycles. The number of sulfonamides is 1. The van der Waals surface area contributed by atoms with Gasteiger partial charge in [-0.1, -0.05) is 42.8 Å². The fraction of sp³-hybridized carbons (Fsp3) is 0.458. The molecule has 7 heteroatoms. The zero-order valence-electron chi connectivity index (χ0n) is 18.7. The zero-order valence-corrected chi connectivity index (χ0v) is 19.5. The predicted octanol–water partition coefficient (Wildman–Crippen LogP) is 3.45. The van der Waals surface area contributed by atoms with Gasteiger partial charge in [0.05, 0.1) is 11.9 Å². The molecule has 1 N–H and O–H groups in total. The fourth-order valence-corrected chi connectivity index (χ4v) is 5.29. The van der Waals surface area contributed by atoms with Crippen LogP contribution in [0.2, 0.25) is 0 Å². The van der Waals surface area contributed by atoms with E-state index in [0.29, 0.717) is 12.2 Å². The molecular weight excluding hydrogens is 410 g/mol. The van der Waals surface area contributed by atoms with Crippen LogP contribution in [0.15, 0.2) is 48.5 Å². The molecule has 1 amide bonds. The van der Waals surface area contributed by atoms with Crippen LogP contribution in [0.4, 0.5) is 5.69 Å². The van der Waals surface area contributed by atoms with Crippen LogP contribution < -0.4 is 9.62 Å². The number of hydrogen-bond donors (Lipinski definition) is 1. The molecule has 2 aromatic rings. The van der Waals surface area contributed by atoms with E-state index in [-0.39, 0.29) is 5.91 Å². The topological polar surface area (TPSA) is 69.7 Å². The number of rotatable bonds is 8. The van der Waals surface area contributed by atoms with Crippen molar-refractivity contribution in [1.82, 2.24) is 10.2 Å². The number of anilines is 1. The molecule has 0 aromatic heterocycles. The Morgan fingerprint density at radius 1 is 1.06 bits per heavy atom. The molecule has 1 heterocycles. The first-order chi connectivity index (χ1) is 14.7. The standard InChI is InChI=1S/C24H33N3O3S/c1-19-9-7-12-23(15-19)27(31(3,29)30)20(2)24(28)25-17-21-10-8-11-22(16-21)18-26-13-5-4-6-14-26/h7-12,15-16,20H,4-6,13-14,17-18H2,1-3H3,(H,25,28)/t20-/m0/s1. The third-order valence-corrected chi connectivity index (χ3v) is 6.90. The summed E-state index contributed by atoms with van der Waals surface area (Å²) in [5.41, 5.74) is 3.67. The molecule has 1 atom stereocenters. The lowest BCUT2D eigenvalue weighted by Crippen LogP contribution is -2.47. The van der Waals surface area contributed by atoms with Gasteiger partial charge in [0.2, 0.25) is 15.9 Å². The summed E-state index contributed by atoms with van der Waals surface area (Å²) < 4.78 is 26.1. The maximum Gasteiger partial charge on any atom is 0.243 e. The predicted molar refractivity (Wildman–Crippen MR) is 125 cm³/mol. The molecule has 3 rings (SSSR count). The van der Waals surface area contributed by atoms with Crippen LogP contribution in [0.25, 0.3) is 0 Å². The van der Waals surface area contributed by atoms with Crippen LogP contribution in [0.3, 0.4) is 0 Å². The molecule has 0 saturated carbocycles. The summed E-state index contributed by atoms with van der Waals surface area (Å²) >= 11 is 0. The molecule has 1 aliphatic rings. The number of benzene rings is 2. The molecular formula is C24H33N3O3S. The molecule has 1 aliphatic heterocycles. The van der Waals surface area contributed by atoms with Gasteiger partial charge in [0.25, 0.3) is 0 Å².